The topological polar surface area (TPSA) is 59.9 Å². The Kier molecular flexibility index (Phi) is 7.01. The molecule has 0 spiro atoms. The van der Waals surface area contributed by atoms with Crippen LogP contribution in [-0.2, 0) is 11.2 Å². The van der Waals surface area contributed by atoms with Gasteiger partial charge in [-0.15, -0.1) is 0 Å². The summed E-state index contributed by atoms with van der Waals surface area (Å²) in [6.45, 7) is 6.46. The summed E-state index contributed by atoms with van der Waals surface area (Å²) in [6, 6.07) is 13.7. The first kappa shape index (κ1) is 18.5. The van der Waals surface area contributed by atoms with E-state index in [1.807, 2.05) is 30.3 Å². The van der Waals surface area contributed by atoms with Crippen molar-refractivity contribution in [3.05, 3.63) is 59.2 Å². The van der Waals surface area contributed by atoms with Crippen LogP contribution in [0.25, 0.3) is 0 Å². The average Bonchev–Trinajstić information content (AvgIpc) is 2.59. The van der Waals surface area contributed by atoms with Gasteiger partial charge in [0.05, 0.1) is 6.21 Å². The van der Waals surface area contributed by atoms with Crippen LogP contribution >= 0.6 is 0 Å². The Morgan fingerprint density at radius 1 is 1.16 bits per heavy atom. The first-order valence-corrected chi connectivity index (χ1v) is 8.33. The van der Waals surface area contributed by atoms with Gasteiger partial charge in [-0.3, -0.25) is 4.79 Å². The van der Waals surface area contributed by atoms with E-state index in [1.165, 1.54) is 18.1 Å². The third kappa shape index (κ3) is 6.30. The van der Waals surface area contributed by atoms with Crippen molar-refractivity contribution in [2.24, 2.45) is 5.10 Å². The Morgan fingerprint density at radius 3 is 2.68 bits per heavy atom. The number of hydrogen-bond acceptors (Lipinski definition) is 4. The number of hydrogen-bond donors (Lipinski definition) is 1. The Morgan fingerprint density at radius 2 is 1.92 bits per heavy atom. The van der Waals surface area contributed by atoms with Crippen molar-refractivity contribution >= 4 is 12.1 Å². The number of nitrogens with one attached hydrogen (secondary N) is 1. The van der Waals surface area contributed by atoms with E-state index in [0.717, 1.165) is 17.7 Å². The van der Waals surface area contributed by atoms with E-state index in [2.05, 4.69) is 36.5 Å². The second-order valence-corrected chi connectivity index (χ2v) is 5.67. The lowest BCUT2D eigenvalue weighted by Crippen LogP contribution is -2.13. The first-order valence-electron chi connectivity index (χ1n) is 8.33. The normalized spacial score (nSPS) is 10.7. The molecule has 1 N–H and O–H groups in total. The maximum atomic E-state index is 10.9. The molecule has 0 unspecified atom stereocenters. The summed E-state index contributed by atoms with van der Waals surface area (Å²) in [7, 11) is 0. The molecule has 0 aliphatic heterocycles. The third-order valence-electron chi connectivity index (χ3n) is 3.47. The van der Waals surface area contributed by atoms with Gasteiger partial charge in [0.2, 0.25) is 5.91 Å². The number of carbonyl (C=O) groups excluding carboxylic acids is 1. The van der Waals surface area contributed by atoms with Crippen LogP contribution in [0.5, 0.6) is 11.5 Å². The number of amides is 1. The molecule has 25 heavy (non-hydrogen) atoms. The van der Waals surface area contributed by atoms with Crippen LogP contribution in [0.15, 0.2) is 47.6 Å². The fraction of sp³-hybridized carbons (Fsp3) is 0.300. The van der Waals surface area contributed by atoms with E-state index in [1.54, 1.807) is 6.21 Å². The molecule has 2 aromatic carbocycles. The van der Waals surface area contributed by atoms with Gasteiger partial charge in [0.15, 0.2) is 0 Å². The van der Waals surface area contributed by atoms with Crippen LogP contribution in [0.2, 0.25) is 0 Å². The molecule has 0 fully saturated rings. The Balaban J connectivity index is 1.89. The highest BCUT2D eigenvalue weighted by Crippen LogP contribution is 2.18. The molecule has 5 heteroatoms. The molecule has 5 nitrogen and oxygen atoms in total. The van der Waals surface area contributed by atoms with Crippen LogP contribution in [0.4, 0.5) is 0 Å². The van der Waals surface area contributed by atoms with E-state index in [0.29, 0.717) is 19.0 Å². The number of ether oxygens (including phenoxy) is 2. The Hall–Kier alpha value is -2.82. The number of rotatable bonds is 8. The van der Waals surface area contributed by atoms with Crippen molar-refractivity contribution in [1.29, 1.82) is 0 Å². The number of aryl methyl sites for hydroxylation is 2. The van der Waals surface area contributed by atoms with Crippen molar-refractivity contribution in [3.8, 4) is 11.5 Å². The second-order valence-electron chi connectivity index (χ2n) is 5.67. The minimum absolute atomic E-state index is 0.215. The molecule has 0 saturated carbocycles. The monoisotopic (exact) mass is 340 g/mol. The lowest BCUT2D eigenvalue weighted by atomic mass is 10.1. The van der Waals surface area contributed by atoms with Gasteiger partial charge in [-0.25, -0.2) is 5.43 Å². The number of benzene rings is 2. The van der Waals surface area contributed by atoms with Gasteiger partial charge >= 0.3 is 0 Å². The van der Waals surface area contributed by atoms with Crippen LogP contribution in [0.3, 0.4) is 0 Å². The molecule has 0 aliphatic rings. The zero-order chi connectivity index (χ0) is 18.1. The van der Waals surface area contributed by atoms with Crippen LogP contribution in [0.1, 0.15) is 30.5 Å². The van der Waals surface area contributed by atoms with Crippen molar-refractivity contribution in [2.45, 2.75) is 27.2 Å². The van der Waals surface area contributed by atoms with Crippen molar-refractivity contribution in [2.75, 3.05) is 13.2 Å². The SMILES string of the molecule is CCc1cc(C)cc(OCCOc2ccccc2/C=N\NC(C)=O)c1. The number of carbonyl (C=O) groups is 1. The fourth-order valence-corrected chi connectivity index (χ4v) is 2.33. The third-order valence-corrected chi connectivity index (χ3v) is 3.47. The van der Waals surface area contributed by atoms with E-state index in [-0.39, 0.29) is 5.91 Å². The van der Waals surface area contributed by atoms with E-state index < -0.39 is 0 Å². The molecule has 0 aromatic heterocycles. The van der Waals surface area contributed by atoms with Gasteiger partial charge in [-0.05, 0) is 48.7 Å². The highest BCUT2D eigenvalue weighted by molar-refractivity contribution is 5.84. The standard InChI is InChI=1S/C20H24N2O3/c1-4-17-11-15(2)12-19(13-17)24-9-10-25-20-8-6-5-7-18(20)14-21-22-16(3)23/h5-8,11-14H,4,9-10H2,1-3H3,(H,22,23)/b21-14-. The highest BCUT2D eigenvalue weighted by Gasteiger charge is 2.02. The molecule has 2 rings (SSSR count). The Bertz CT molecular complexity index is 741. The van der Waals surface area contributed by atoms with Crippen molar-refractivity contribution in [1.82, 2.24) is 5.43 Å². The van der Waals surface area contributed by atoms with Gasteiger partial charge in [0.1, 0.15) is 24.7 Å². The summed E-state index contributed by atoms with van der Waals surface area (Å²) in [4.78, 5) is 10.9. The molecule has 0 heterocycles. The molecule has 0 bridgehead atoms. The van der Waals surface area contributed by atoms with Gasteiger partial charge in [-0.1, -0.05) is 25.1 Å². The summed E-state index contributed by atoms with van der Waals surface area (Å²) in [5.74, 6) is 1.34. The maximum absolute atomic E-state index is 10.9. The Labute approximate surface area is 148 Å². The lowest BCUT2D eigenvalue weighted by Gasteiger charge is -2.11. The molecule has 0 radical (unpaired) electrons. The van der Waals surface area contributed by atoms with Crippen molar-refractivity contribution < 1.29 is 14.3 Å². The molecule has 132 valence electrons. The molecular formula is C20H24N2O3. The first-order chi connectivity index (χ1) is 12.1. The second kappa shape index (κ2) is 9.47. The van der Waals surface area contributed by atoms with Gasteiger partial charge in [0, 0.05) is 12.5 Å². The maximum Gasteiger partial charge on any atom is 0.236 e. The summed E-state index contributed by atoms with van der Waals surface area (Å²) in [5, 5.41) is 3.87. The molecule has 2 aromatic rings. The molecule has 0 saturated heterocycles. The molecule has 0 aliphatic carbocycles. The average molecular weight is 340 g/mol. The van der Waals surface area contributed by atoms with E-state index >= 15 is 0 Å². The number of nitrogens with zero attached hydrogens (tertiary/aromatic N) is 1. The van der Waals surface area contributed by atoms with Gasteiger partial charge < -0.3 is 9.47 Å². The predicted molar refractivity (Wildman–Crippen MR) is 99.4 cm³/mol. The van der Waals surface area contributed by atoms with E-state index in [4.69, 9.17) is 9.47 Å². The molecular weight excluding hydrogens is 316 g/mol. The highest BCUT2D eigenvalue weighted by atomic mass is 16.5. The smallest absolute Gasteiger partial charge is 0.236 e. The van der Waals surface area contributed by atoms with Gasteiger partial charge in [0.25, 0.3) is 0 Å². The van der Waals surface area contributed by atoms with Crippen LogP contribution in [0, 0.1) is 6.92 Å². The summed E-state index contributed by atoms with van der Waals surface area (Å²) >= 11 is 0. The summed E-state index contributed by atoms with van der Waals surface area (Å²) in [6.07, 6.45) is 2.54. The van der Waals surface area contributed by atoms with Crippen LogP contribution < -0.4 is 14.9 Å². The lowest BCUT2D eigenvalue weighted by molar-refractivity contribution is -0.118. The minimum Gasteiger partial charge on any atom is -0.490 e. The number of hydrazone groups is 1. The zero-order valence-corrected chi connectivity index (χ0v) is 14.9. The van der Waals surface area contributed by atoms with Crippen LogP contribution in [-0.4, -0.2) is 25.3 Å². The number of para-hydroxylation sites is 1. The van der Waals surface area contributed by atoms with E-state index in [9.17, 15) is 4.79 Å². The largest absolute Gasteiger partial charge is 0.490 e. The fourth-order valence-electron chi connectivity index (χ4n) is 2.33. The molecule has 1 amide bonds. The summed E-state index contributed by atoms with van der Waals surface area (Å²) < 4.78 is 11.6. The quantitative estimate of drug-likeness (QED) is 0.455. The molecule has 0 atom stereocenters. The minimum atomic E-state index is -0.215. The summed E-state index contributed by atoms with van der Waals surface area (Å²) in [5.41, 5.74) is 5.62. The zero-order valence-electron chi connectivity index (χ0n) is 14.9. The van der Waals surface area contributed by atoms with Crippen molar-refractivity contribution in [3.63, 3.8) is 0 Å². The predicted octanol–water partition coefficient (Wildman–Crippen LogP) is 3.49. The van der Waals surface area contributed by atoms with Gasteiger partial charge in [-0.2, -0.15) is 5.10 Å².